The van der Waals surface area contributed by atoms with Gasteiger partial charge in [-0.1, -0.05) is 30.3 Å². The normalized spacial score (nSPS) is 13.9. The van der Waals surface area contributed by atoms with Crippen LogP contribution in [0.3, 0.4) is 0 Å². The zero-order valence-electron chi connectivity index (χ0n) is 12.0. The van der Waals surface area contributed by atoms with Crippen molar-refractivity contribution in [2.45, 2.75) is 44.4 Å². The molecule has 0 saturated carbocycles. The summed E-state index contributed by atoms with van der Waals surface area (Å²) in [7, 11) is -3.87. The van der Waals surface area contributed by atoms with Gasteiger partial charge in [0, 0.05) is 5.54 Å². The molecule has 1 rings (SSSR count). The van der Waals surface area contributed by atoms with E-state index < -0.39 is 26.8 Å². The van der Waals surface area contributed by atoms with E-state index in [0.717, 1.165) is 18.9 Å². The summed E-state index contributed by atoms with van der Waals surface area (Å²) in [4.78, 5) is 10.8. The van der Waals surface area contributed by atoms with Gasteiger partial charge in [0.2, 0.25) is 10.0 Å². The Balaban J connectivity index is 2.68. The van der Waals surface area contributed by atoms with Crippen LogP contribution in [0.5, 0.6) is 0 Å². The number of aliphatic carboxylic acids is 1. The van der Waals surface area contributed by atoms with Crippen LogP contribution in [0.1, 0.15) is 32.8 Å². The van der Waals surface area contributed by atoms with Crippen molar-refractivity contribution in [1.82, 2.24) is 4.72 Å². The van der Waals surface area contributed by atoms with Gasteiger partial charge in [0.25, 0.3) is 0 Å². The molecule has 0 aliphatic rings. The molecule has 0 radical (unpaired) electrons. The fourth-order valence-corrected chi connectivity index (χ4v) is 3.07. The molecule has 0 aliphatic carbocycles. The molecule has 0 saturated heterocycles. The Morgan fingerprint density at radius 3 is 2.35 bits per heavy atom. The highest BCUT2D eigenvalue weighted by Gasteiger charge is 2.32. The standard InChI is InChI=1S/C14H21NO4S/c1-11(13(16)17)20(18,19)15-14(2,3)10-9-12-7-5-4-6-8-12/h4-8,11,15H,9-10H2,1-3H3,(H,16,17). The number of carbonyl (C=O) groups is 1. The van der Waals surface area contributed by atoms with Crippen LogP contribution in [-0.2, 0) is 21.2 Å². The van der Waals surface area contributed by atoms with Crippen LogP contribution in [0.2, 0.25) is 0 Å². The van der Waals surface area contributed by atoms with E-state index in [1.807, 2.05) is 30.3 Å². The SMILES string of the molecule is CC(C(=O)O)S(=O)(=O)NC(C)(C)CCc1ccccc1. The summed E-state index contributed by atoms with van der Waals surface area (Å²) in [5, 5.41) is 7.34. The highest BCUT2D eigenvalue weighted by molar-refractivity contribution is 7.90. The highest BCUT2D eigenvalue weighted by Crippen LogP contribution is 2.16. The number of carboxylic acid groups (broad SMARTS) is 1. The second kappa shape index (κ2) is 6.37. The number of hydrogen-bond donors (Lipinski definition) is 2. The first-order valence-corrected chi connectivity index (χ1v) is 7.98. The van der Waals surface area contributed by atoms with E-state index in [1.165, 1.54) is 0 Å². The zero-order valence-corrected chi connectivity index (χ0v) is 12.8. The van der Waals surface area contributed by atoms with E-state index in [-0.39, 0.29) is 0 Å². The second-order valence-electron chi connectivity index (χ2n) is 5.50. The summed E-state index contributed by atoms with van der Waals surface area (Å²) < 4.78 is 26.3. The van der Waals surface area contributed by atoms with Gasteiger partial charge in [-0.15, -0.1) is 0 Å². The van der Waals surface area contributed by atoms with E-state index in [1.54, 1.807) is 13.8 Å². The molecule has 1 atom stereocenters. The maximum Gasteiger partial charge on any atom is 0.323 e. The van der Waals surface area contributed by atoms with Crippen LogP contribution >= 0.6 is 0 Å². The zero-order chi connectivity index (χ0) is 15.4. The third kappa shape index (κ3) is 4.94. The van der Waals surface area contributed by atoms with Crippen molar-refractivity contribution in [2.24, 2.45) is 0 Å². The minimum Gasteiger partial charge on any atom is -0.480 e. The number of aryl methyl sites for hydroxylation is 1. The van der Waals surface area contributed by atoms with E-state index in [0.29, 0.717) is 6.42 Å². The van der Waals surface area contributed by atoms with Crippen molar-refractivity contribution < 1.29 is 18.3 Å². The average molecular weight is 299 g/mol. The van der Waals surface area contributed by atoms with Crippen LogP contribution in [0.15, 0.2) is 30.3 Å². The first kappa shape index (κ1) is 16.7. The predicted molar refractivity (Wildman–Crippen MR) is 78.0 cm³/mol. The molecule has 20 heavy (non-hydrogen) atoms. The van der Waals surface area contributed by atoms with Gasteiger partial charge >= 0.3 is 5.97 Å². The quantitative estimate of drug-likeness (QED) is 0.804. The molecular weight excluding hydrogens is 278 g/mol. The Bertz CT molecular complexity index is 552. The molecule has 1 aromatic rings. The predicted octanol–water partition coefficient (Wildman–Crippen LogP) is 1.79. The molecule has 0 aromatic heterocycles. The Hall–Kier alpha value is -1.40. The van der Waals surface area contributed by atoms with E-state index in [4.69, 9.17) is 5.11 Å². The summed E-state index contributed by atoms with van der Waals surface area (Å²) in [6.07, 6.45) is 1.31. The van der Waals surface area contributed by atoms with Crippen molar-refractivity contribution >= 4 is 16.0 Å². The third-order valence-corrected chi connectivity index (χ3v) is 5.08. The van der Waals surface area contributed by atoms with Crippen molar-refractivity contribution in [3.05, 3.63) is 35.9 Å². The largest absolute Gasteiger partial charge is 0.480 e. The van der Waals surface area contributed by atoms with Crippen LogP contribution in [0.25, 0.3) is 0 Å². The number of hydrogen-bond acceptors (Lipinski definition) is 3. The van der Waals surface area contributed by atoms with Gasteiger partial charge in [-0.05, 0) is 39.2 Å². The van der Waals surface area contributed by atoms with E-state index in [2.05, 4.69) is 4.72 Å². The molecular formula is C14H21NO4S. The third-order valence-electron chi connectivity index (χ3n) is 3.11. The molecule has 0 bridgehead atoms. The summed E-state index contributed by atoms with van der Waals surface area (Å²) in [5.74, 6) is -1.35. The Labute approximate surface area is 120 Å². The van der Waals surface area contributed by atoms with Gasteiger partial charge < -0.3 is 5.11 Å². The minimum absolute atomic E-state index is 0.586. The summed E-state index contributed by atoms with van der Waals surface area (Å²) in [6.45, 7) is 4.67. The van der Waals surface area contributed by atoms with Crippen LogP contribution < -0.4 is 4.72 Å². The topological polar surface area (TPSA) is 83.5 Å². The van der Waals surface area contributed by atoms with Crippen LogP contribution in [0, 0.1) is 0 Å². The number of sulfonamides is 1. The number of benzene rings is 1. The van der Waals surface area contributed by atoms with E-state index in [9.17, 15) is 13.2 Å². The second-order valence-corrected chi connectivity index (χ2v) is 7.50. The molecule has 0 spiro atoms. The molecule has 6 heteroatoms. The summed E-state index contributed by atoms with van der Waals surface area (Å²) in [6, 6.07) is 9.73. The number of nitrogens with one attached hydrogen (secondary N) is 1. The maximum atomic E-state index is 11.9. The lowest BCUT2D eigenvalue weighted by molar-refractivity contribution is -0.136. The maximum absolute atomic E-state index is 11.9. The highest BCUT2D eigenvalue weighted by atomic mass is 32.2. The van der Waals surface area contributed by atoms with Crippen molar-refractivity contribution in [1.29, 1.82) is 0 Å². The van der Waals surface area contributed by atoms with Gasteiger partial charge in [-0.2, -0.15) is 0 Å². The molecule has 112 valence electrons. The van der Waals surface area contributed by atoms with Crippen molar-refractivity contribution in [3.63, 3.8) is 0 Å². The fourth-order valence-electron chi connectivity index (χ4n) is 1.76. The Morgan fingerprint density at radius 2 is 1.85 bits per heavy atom. The number of rotatable bonds is 7. The molecule has 2 N–H and O–H groups in total. The number of carboxylic acids is 1. The molecule has 5 nitrogen and oxygen atoms in total. The Kier molecular flexibility index (Phi) is 5.30. The Morgan fingerprint density at radius 1 is 1.30 bits per heavy atom. The molecule has 1 unspecified atom stereocenters. The average Bonchev–Trinajstić information content (AvgIpc) is 2.35. The lowest BCUT2D eigenvalue weighted by Crippen LogP contribution is -2.48. The minimum atomic E-state index is -3.87. The van der Waals surface area contributed by atoms with Gasteiger partial charge in [-0.3, -0.25) is 4.79 Å². The smallest absolute Gasteiger partial charge is 0.323 e. The van der Waals surface area contributed by atoms with Crippen molar-refractivity contribution in [3.8, 4) is 0 Å². The summed E-state index contributed by atoms with van der Waals surface area (Å²) in [5.41, 5.74) is 0.421. The van der Waals surface area contributed by atoms with Crippen LogP contribution in [-0.4, -0.2) is 30.3 Å². The lowest BCUT2D eigenvalue weighted by atomic mass is 9.97. The molecule has 0 heterocycles. The molecule has 0 amide bonds. The van der Waals surface area contributed by atoms with E-state index >= 15 is 0 Å². The van der Waals surface area contributed by atoms with Gasteiger partial charge in [0.05, 0.1) is 0 Å². The van der Waals surface area contributed by atoms with Crippen molar-refractivity contribution in [2.75, 3.05) is 0 Å². The monoisotopic (exact) mass is 299 g/mol. The van der Waals surface area contributed by atoms with Crippen LogP contribution in [0.4, 0.5) is 0 Å². The molecule has 0 aliphatic heterocycles. The fraction of sp³-hybridized carbons (Fsp3) is 0.500. The molecule has 0 fully saturated rings. The lowest BCUT2D eigenvalue weighted by Gasteiger charge is -2.27. The summed E-state index contributed by atoms with van der Waals surface area (Å²) >= 11 is 0. The van der Waals surface area contributed by atoms with Gasteiger partial charge in [-0.25, -0.2) is 13.1 Å². The first-order chi connectivity index (χ1) is 9.14. The first-order valence-electron chi connectivity index (χ1n) is 6.43. The molecule has 1 aromatic carbocycles. The van der Waals surface area contributed by atoms with Gasteiger partial charge in [0.15, 0.2) is 5.25 Å². The van der Waals surface area contributed by atoms with Gasteiger partial charge in [0.1, 0.15) is 0 Å².